The predicted octanol–water partition coefficient (Wildman–Crippen LogP) is 3.79. The molecule has 1 aliphatic heterocycles. The van der Waals surface area contributed by atoms with Crippen LogP contribution in [0.2, 0.25) is 0 Å². The van der Waals surface area contributed by atoms with Crippen LogP contribution in [0.4, 0.5) is 19.0 Å². The Morgan fingerprint density at radius 1 is 1.03 bits per heavy atom. The van der Waals surface area contributed by atoms with Crippen LogP contribution in [0.3, 0.4) is 0 Å². The molecule has 0 bridgehead atoms. The molecule has 2 aromatic heterocycles. The number of nitrogens with one attached hydrogen (secondary N) is 1. The summed E-state index contributed by atoms with van der Waals surface area (Å²) in [5.74, 6) is 0.0314. The van der Waals surface area contributed by atoms with Crippen molar-refractivity contribution in [3.63, 3.8) is 0 Å². The van der Waals surface area contributed by atoms with E-state index < -0.39 is 21.8 Å². The second kappa shape index (κ2) is 8.65. The molecule has 1 N–H and O–H groups in total. The minimum absolute atomic E-state index is 0.0496. The lowest BCUT2D eigenvalue weighted by atomic mass is 9.85. The van der Waals surface area contributed by atoms with Crippen molar-refractivity contribution < 1.29 is 26.3 Å². The molecule has 5 rings (SSSR count). The summed E-state index contributed by atoms with van der Waals surface area (Å²) in [5.41, 5.74) is 0.656. The number of halogens is 3. The molecular weight excluding hydrogens is 485 g/mol. The van der Waals surface area contributed by atoms with Crippen LogP contribution >= 0.6 is 0 Å². The first-order valence-electron chi connectivity index (χ1n) is 10.4. The van der Waals surface area contributed by atoms with Crippen molar-refractivity contribution in [1.82, 2.24) is 25.2 Å². The molecule has 0 saturated heterocycles. The van der Waals surface area contributed by atoms with Crippen LogP contribution in [0.25, 0.3) is 5.69 Å². The number of ether oxygens (including phenoxy) is 1. The van der Waals surface area contributed by atoms with Gasteiger partial charge in [0.15, 0.2) is 5.82 Å². The summed E-state index contributed by atoms with van der Waals surface area (Å²) in [6.07, 6.45) is 0.209. The van der Waals surface area contributed by atoms with Crippen LogP contribution in [0, 0.1) is 0 Å². The Balaban J connectivity index is 1.54. The van der Waals surface area contributed by atoms with Gasteiger partial charge in [-0.1, -0.05) is 17.3 Å². The number of rotatable bonds is 5. The zero-order valence-electron chi connectivity index (χ0n) is 17.8. The molecule has 3 heterocycles. The summed E-state index contributed by atoms with van der Waals surface area (Å²) in [6.45, 7) is 0.247. The standard InChI is InChI=1S/C22H17F3N6O3S/c23-22(24,25)14-3-5-17(19(12-14)31-10-9-27-30-31)16-7-11-34-20-13-15(4-6-18(16)20)35(32,33)29-21-2-1-8-26-28-21/h1-6,8-10,12-13,16H,7,11H2,(H,28,29)/t16-/m1/s1. The molecule has 0 radical (unpaired) electrons. The van der Waals surface area contributed by atoms with Crippen LogP contribution in [0.15, 0.2) is 72.0 Å². The lowest BCUT2D eigenvalue weighted by Gasteiger charge is -2.28. The van der Waals surface area contributed by atoms with Gasteiger partial charge in [-0.05, 0) is 42.3 Å². The molecule has 0 unspecified atom stereocenters. The van der Waals surface area contributed by atoms with E-state index in [1.807, 2.05) is 0 Å². The maximum absolute atomic E-state index is 13.4. The molecule has 0 amide bonds. The van der Waals surface area contributed by atoms with Gasteiger partial charge in [0.25, 0.3) is 10.0 Å². The number of alkyl halides is 3. The number of hydrogen-bond donors (Lipinski definition) is 1. The van der Waals surface area contributed by atoms with E-state index >= 15 is 0 Å². The maximum Gasteiger partial charge on any atom is 0.416 e. The van der Waals surface area contributed by atoms with Crippen molar-refractivity contribution in [3.8, 4) is 11.4 Å². The molecule has 0 fully saturated rings. The first kappa shape index (κ1) is 22.8. The molecular formula is C22H17F3N6O3S. The Morgan fingerprint density at radius 2 is 1.86 bits per heavy atom. The van der Waals surface area contributed by atoms with E-state index in [2.05, 4.69) is 25.2 Å². The monoisotopic (exact) mass is 502 g/mol. The fraction of sp³-hybridized carbons (Fsp3) is 0.182. The second-order valence-electron chi connectivity index (χ2n) is 7.72. The van der Waals surface area contributed by atoms with Gasteiger partial charge >= 0.3 is 6.18 Å². The van der Waals surface area contributed by atoms with Crippen molar-refractivity contribution in [2.24, 2.45) is 0 Å². The minimum atomic E-state index is -4.53. The largest absolute Gasteiger partial charge is 0.493 e. The third kappa shape index (κ3) is 4.54. The van der Waals surface area contributed by atoms with E-state index in [1.165, 1.54) is 47.5 Å². The van der Waals surface area contributed by atoms with E-state index in [1.54, 1.807) is 12.1 Å². The zero-order chi connectivity index (χ0) is 24.6. The SMILES string of the molecule is O=S(=O)(Nc1cccnn1)c1ccc2c(c1)OCC[C@@H]2c1ccc(C(F)(F)F)cc1-n1ccnn1. The van der Waals surface area contributed by atoms with Gasteiger partial charge in [0, 0.05) is 23.7 Å². The highest BCUT2D eigenvalue weighted by atomic mass is 32.2. The molecule has 13 heteroatoms. The van der Waals surface area contributed by atoms with Gasteiger partial charge in [-0.25, -0.2) is 13.1 Å². The lowest BCUT2D eigenvalue weighted by molar-refractivity contribution is -0.137. The van der Waals surface area contributed by atoms with Crippen LogP contribution in [-0.2, 0) is 16.2 Å². The van der Waals surface area contributed by atoms with Gasteiger partial charge in [-0.2, -0.15) is 18.3 Å². The Hall–Kier alpha value is -4.00. The van der Waals surface area contributed by atoms with E-state index in [0.717, 1.165) is 12.1 Å². The maximum atomic E-state index is 13.4. The summed E-state index contributed by atoms with van der Waals surface area (Å²) in [7, 11) is -3.97. The number of anilines is 1. The van der Waals surface area contributed by atoms with Crippen molar-refractivity contribution in [3.05, 3.63) is 83.8 Å². The summed E-state index contributed by atoms with van der Waals surface area (Å²) < 4.78 is 75.2. The number of aromatic nitrogens is 5. The van der Waals surface area contributed by atoms with Gasteiger partial charge < -0.3 is 4.74 Å². The first-order valence-corrected chi connectivity index (χ1v) is 11.9. The number of hydrogen-bond acceptors (Lipinski definition) is 7. The minimum Gasteiger partial charge on any atom is -0.493 e. The summed E-state index contributed by atoms with van der Waals surface area (Å²) in [5, 5.41) is 15.0. The highest BCUT2D eigenvalue weighted by Crippen LogP contribution is 2.42. The molecule has 1 atom stereocenters. The molecule has 0 saturated carbocycles. The smallest absolute Gasteiger partial charge is 0.416 e. The Morgan fingerprint density at radius 3 is 2.57 bits per heavy atom. The number of sulfonamides is 1. The average Bonchev–Trinajstić information content (AvgIpc) is 3.38. The number of fused-ring (bicyclic) bond motifs is 1. The fourth-order valence-corrected chi connectivity index (χ4v) is 4.97. The van der Waals surface area contributed by atoms with Crippen LogP contribution in [-0.4, -0.2) is 40.2 Å². The highest BCUT2D eigenvalue weighted by Gasteiger charge is 2.33. The third-order valence-corrected chi connectivity index (χ3v) is 6.90. The van der Waals surface area contributed by atoms with Gasteiger partial charge in [0.05, 0.1) is 35.1 Å². The zero-order valence-corrected chi connectivity index (χ0v) is 18.7. The van der Waals surface area contributed by atoms with Crippen molar-refractivity contribution in [1.29, 1.82) is 0 Å². The predicted molar refractivity (Wildman–Crippen MR) is 118 cm³/mol. The van der Waals surface area contributed by atoms with Crippen LogP contribution in [0.1, 0.15) is 29.0 Å². The normalized spacial score (nSPS) is 15.8. The molecule has 1 aliphatic rings. The van der Waals surface area contributed by atoms with Crippen LogP contribution in [0.5, 0.6) is 5.75 Å². The second-order valence-corrected chi connectivity index (χ2v) is 9.41. The topological polar surface area (TPSA) is 112 Å². The lowest BCUT2D eigenvalue weighted by Crippen LogP contribution is -2.19. The van der Waals surface area contributed by atoms with Crippen molar-refractivity contribution in [2.75, 3.05) is 11.3 Å². The third-order valence-electron chi connectivity index (χ3n) is 5.55. The summed E-state index contributed by atoms with van der Waals surface area (Å²) in [6, 6.07) is 10.9. The Kier molecular flexibility index (Phi) is 5.63. The van der Waals surface area contributed by atoms with Crippen molar-refractivity contribution in [2.45, 2.75) is 23.4 Å². The van der Waals surface area contributed by atoms with E-state index in [-0.39, 0.29) is 28.9 Å². The Bertz CT molecular complexity index is 1460. The molecule has 2 aromatic carbocycles. The van der Waals surface area contributed by atoms with Gasteiger partial charge in [-0.3, -0.25) is 4.72 Å². The van der Waals surface area contributed by atoms with E-state index in [0.29, 0.717) is 23.3 Å². The van der Waals surface area contributed by atoms with E-state index in [9.17, 15) is 21.6 Å². The molecule has 180 valence electrons. The van der Waals surface area contributed by atoms with Gasteiger partial charge in [0.2, 0.25) is 0 Å². The molecule has 0 aliphatic carbocycles. The average molecular weight is 502 g/mol. The summed E-state index contributed by atoms with van der Waals surface area (Å²) in [4.78, 5) is -0.0496. The quantitative estimate of drug-likeness (QED) is 0.442. The highest BCUT2D eigenvalue weighted by molar-refractivity contribution is 7.92. The van der Waals surface area contributed by atoms with Gasteiger partial charge in [0.1, 0.15) is 5.75 Å². The van der Waals surface area contributed by atoms with Gasteiger partial charge in [-0.15, -0.1) is 10.2 Å². The van der Waals surface area contributed by atoms with Crippen molar-refractivity contribution >= 4 is 15.8 Å². The molecule has 0 spiro atoms. The molecule has 35 heavy (non-hydrogen) atoms. The van der Waals surface area contributed by atoms with Crippen LogP contribution < -0.4 is 9.46 Å². The summed E-state index contributed by atoms with van der Waals surface area (Å²) >= 11 is 0. The molecule has 4 aromatic rings. The number of benzene rings is 2. The fourth-order valence-electron chi connectivity index (χ4n) is 3.96. The number of nitrogens with zero attached hydrogens (tertiary/aromatic N) is 5. The first-order chi connectivity index (χ1) is 16.7. The Labute approximate surface area is 197 Å². The molecule has 9 nitrogen and oxygen atoms in total. The van der Waals surface area contributed by atoms with E-state index in [4.69, 9.17) is 4.74 Å².